The van der Waals surface area contributed by atoms with Crippen molar-refractivity contribution in [3.8, 4) is 38.8 Å². The summed E-state index contributed by atoms with van der Waals surface area (Å²) in [7, 11) is 1.68. The number of nitrogens with zero attached hydrogens (tertiary/aromatic N) is 3. The Kier molecular flexibility index (Phi) is 4.52. The highest BCUT2D eigenvalue weighted by Crippen LogP contribution is 2.36. The minimum absolute atomic E-state index is 0.776. The molecule has 0 saturated carbocycles. The molecule has 6 aromatic rings. The second kappa shape index (κ2) is 7.56. The van der Waals surface area contributed by atoms with Crippen molar-refractivity contribution < 1.29 is 4.74 Å². The molecule has 0 unspecified atom stereocenters. The fraction of sp³-hybridized carbons (Fsp3) is 0.115. The number of aromatic amines is 2. The van der Waals surface area contributed by atoms with E-state index in [-0.39, 0.29) is 0 Å². The molecule has 2 N–H and O–H groups in total. The number of thiophene rings is 1. The quantitative estimate of drug-likeness (QED) is 0.320. The number of H-pyrrole nitrogens is 2. The first-order valence-corrected chi connectivity index (χ1v) is 11.5. The Hall–Kier alpha value is -3.97. The zero-order valence-corrected chi connectivity index (χ0v) is 19.2. The van der Waals surface area contributed by atoms with E-state index in [0.717, 1.165) is 56.0 Å². The highest BCUT2D eigenvalue weighted by atomic mass is 32.1. The second-order valence-corrected chi connectivity index (χ2v) is 9.41. The Morgan fingerprint density at radius 1 is 0.970 bits per heavy atom. The van der Waals surface area contributed by atoms with Crippen molar-refractivity contribution in [2.24, 2.45) is 0 Å². The lowest BCUT2D eigenvalue weighted by Crippen LogP contribution is -1.89. The number of hydrogen-bond donors (Lipinski definition) is 2. The summed E-state index contributed by atoms with van der Waals surface area (Å²) in [6.45, 7) is 4.18. The average Bonchev–Trinajstić information content (AvgIpc) is 3.55. The number of fused-ring (bicyclic) bond motifs is 2. The van der Waals surface area contributed by atoms with E-state index in [2.05, 4.69) is 64.3 Å². The van der Waals surface area contributed by atoms with Crippen LogP contribution in [0.3, 0.4) is 0 Å². The van der Waals surface area contributed by atoms with Crippen LogP contribution in [0.15, 0.2) is 60.8 Å². The summed E-state index contributed by atoms with van der Waals surface area (Å²) < 4.78 is 5.45. The largest absolute Gasteiger partial charge is 0.497 e. The maximum Gasteiger partial charge on any atom is 0.138 e. The van der Waals surface area contributed by atoms with Gasteiger partial charge in [-0.1, -0.05) is 0 Å². The molecule has 0 spiro atoms. The maximum atomic E-state index is 5.45. The van der Waals surface area contributed by atoms with Gasteiger partial charge < -0.3 is 9.72 Å². The SMILES string of the molecule is COc1cc(C)cc(-c2ccc3[nH]nc(-c4cc5c(-c6ccc(C)s6)ccnc5[nH]4)c3n2)c1. The van der Waals surface area contributed by atoms with Crippen molar-refractivity contribution in [1.82, 2.24) is 25.1 Å². The summed E-state index contributed by atoms with van der Waals surface area (Å²) in [5, 5.41) is 8.78. The van der Waals surface area contributed by atoms with Crippen LogP contribution in [-0.2, 0) is 0 Å². The van der Waals surface area contributed by atoms with Crippen molar-refractivity contribution >= 4 is 33.4 Å². The fourth-order valence-corrected chi connectivity index (χ4v) is 5.12. The van der Waals surface area contributed by atoms with E-state index >= 15 is 0 Å². The van der Waals surface area contributed by atoms with Crippen LogP contribution in [0, 0.1) is 13.8 Å². The lowest BCUT2D eigenvalue weighted by molar-refractivity contribution is 0.414. The summed E-state index contributed by atoms with van der Waals surface area (Å²) in [6, 6.07) is 18.6. The van der Waals surface area contributed by atoms with Crippen molar-refractivity contribution in [2.45, 2.75) is 13.8 Å². The molecule has 0 aliphatic heterocycles. The van der Waals surface area contributed by atoms with Gasteiger partial charge in [-0.15, -0.1) is 11.3 Å². The molecule has 162 valence electrons. The molecule has 0 amide bonds. The smallest absolute Gasteiger partial charge is 0.138 e. The monoisotopic (exact) mass is 451 g/mol. The number of hydrogen-bond acceptors (Lipinski definition) is 5. The Morgan fingerprint density at radius 3 is 2.70 bits per heavy atom. The standard InChI is InChI=1S/C26H21N5OS/c1-14-10-16(12-17(11-14)32-3)20-5-6-21-24(28-20)25(31-30-21)22-13-19-18(8-9-27-26(19)29-22)23-7-4-15(2)33-23/h4-13H,1-3H3,(H,27,29)(H,30,31). The van der Waals surface area contributed by atoms with Gasteiger partial charge in [0.25, 0.3) is 0 Å². The lowest BCUT2D eigenvalue weighted by atomic mass is 10.1. The molecule has 0 bridgehead atoms. The predicted molar refractivity (Wildman–Crippen MR) is 134 cm³/mol. The van der Waals surface area contributed by atoms with Crippen molar-refractivity contribution in [2.75, 3.05) is 7.11 Å². The third kappa shape index (κ3) is 3.37. The van der Waals surface area contributed by atoms with Gasteiger partial charge in [-0.3, -0.25) is 5.10 Å². The number of nitrogens with one attached hydrogen (secondary N) is 2. The number of aryl methyl sites for hydroxylation is 2. The van der Waals surface area contributed by atoms with Crippen molar-refractivity contribution in [3.63, 3.8) is 0 Å². The van der Waals surface area contributed by atoms with E-state index in [1.165, 1.54) is 15.3 Å². The topological polar surface area (TPSA) is 79.5 Å². The van der Waals surface area contributed by atoms with Gasteiger partial charge in [0, 0.05) is 32.5 Å². The molecule has 7 heteroatoms. The third-order valence-corrected chi connectivity index (χ3v) is 6.82. The molecule has 5 aromatic heterocycles. The Balaban J connectivity index is 1.49. The van der Waals surface area contributed by atoms with Gasteiger partial charge in [0.2, 0.25) is 0 Å². The van der Waals surface area contributed by atoms with E-state index < -0.39 is 0 Å². The van der Waals surface area contributed by atoms with Crippen LogP contribution >= 0.6 is 11.3 Å². The molecule has 6 nitrogen and oxygen atoms in total. The molecule has 5 heterocycles. The predicted octanol–water partition coefficient (Wildman–Crippen LogP) is 6.52. The van der Waals surface area contributed by atoms with E-state index in [0.29, 0.717) is 0 Å². The normalized spacial score (nSPS) is 11.5. The van der Waals surface area contributed by atoms with Crippen LogP contribution < -0.4 is 4.74 Å². The zero-order chi connectivity index (χ0) is 22.5. The molecule has 0 radical (unpaired) electrons. The van der Waals surface area contributed by atoms with Crippen LogP contribution in [0.5, 0.6) is 5.75 Å². The fourth-order valence-electron chi connectivity index (χ4n) is 4.21. The van der Waals surface area contributed by atoms with E-state index in [4.69, 9.17) is 9.72 Å². The van der Waals surface area contributed by atoms with Gasteiger partial charge in [0.1, 0.15) is 22.6 Å². The first-order chi connectivity index (χ1) is 16.1. The van der Waals surface area contributed by atoms with Gasteiger partial charge in [-0.05, 0) is 74.0 Å². The van der Waals surface area contributed by atoms with Crippen LogP contribution in [0.1, 0.15) is 10.4 Å². The molecule has 0 aliphatic carbocycles. The van der Waals surface area contributed by atoms with E-state index in [1.807, 2.05) is 30.5 Å². The summed E-state index contributed by atoms with van der Waals surface area (Å²) >= 11 is 1.78. The van der Waals surface area contributed by atoms with Gasteiger partial charge in [0.15, 0.2) is 0 Å². The average molecular weight is 452 g/mol. The molecule has 0 saturated heterocycles. The van der Waals surface area contributed by atoms with Gasteiger partial charge in [-0.25, -0.2) is 9.97 Å². The van der Waals surface area contributed by atoms with E-state index in [1.54, 1.807) is 18.4 Å². The molecule has 0 fully saturated rings. The van der Waals surface area contributed by atoms with Gasteiger partial charge in [0.05, 0.1) is 24.0 Å². The van der Waals surface area contributed by atoms with Crippen LogP contribution in [0.25, 0.3) is 55.2 Å². The van der Waals surface area contributed by atoms with Gasteiger partial charge >= 0.3 is 0 Å². The molecular weight excluding hydrogens is 430 g/mol. The minimum Gasteiger partial charge on any atom is -0.497 e. The first kappa shape index (κ1) is 19.7. The van der Waals surface area contributed by atoms with Crippen LogP contribution in [0.2, 0.25) is 0 Å². The number of rotatable bonds is 4. The minimum atomic E-state index is 0.776. The maximum absolute atomic E-state index is 5.45. The number of benzene rings is 1. The summed E-state index contributed by atoms with van der Waals surface area (Å²) in [6.07, 6.45) is 1.84. The van der Waals surface area contributed by atoms with Crippen molar-refractivity contribution in [1.29, 1.82) is 0 Å². The lowest BCUT2D eigenvalue weighted by Gasteiger charge is -2.07. The van der Waals surface area contributed by atoms with Gasteiger partial charge in [-0.2, -0.15) is 5.10 Å². The molecule has 1 aromatic carbocycles. The zero-order valence-electron chi connectivity index (χ0n) is 18.4. The summed E-state index contributed by atoms with van der Waals surface area (Å²) in [5.41, 5.74) is 8.36. The highest BCUT2D eigenvalue weighted by molar-refractivity contribution is 7.15. The summed E-state index contributed by atoms with van der Waals surface area (Å²) in [5.74, 6) is 0.817. The molecule has 33 heavy (non-hydrogen) atoms. The molecule has 0 aliphatic rings. The Morgan fingerprint density at radius 2 is 1.88 bits per heavy atom. The number of pyridine rings is 2. The van der Waals surface area contributed by atoms with Crippen LogP contribution in [-0.4, -0.2) is 32.3 Å². The third-order valence-electron chi connectivity index (χ3n) is 5.78. The van der Waals surface area contributed by atoms with E-state index in [9.17, 15) is 0 Å². The highest BCUT2D eigenvalue weighted by Gasteiger charge is 2.16. The number of methoxy groups -OCH3 is 1. The number of ether oxygens (including phenoxy) is 1. The first-order valence-electron chi connectivity index (χ1n) is 10.6. The number of aromatic nitrogens is 5. The Bertz CT molecular complexity index is 1640. The Labute approximate surface area is 194 Å². The van der Waals surface area contributed by atoms with Crippen LogP contribution in [0.4, 0.5) is 0 Å². The van der Waals surface area contributed by atoms with Crippen molar-refractivity contribution in [3.05, 3.63) is 71.2 Å². The molecule has 6 rings (SSSR count). The second-order valence-electron chi connectivity index (χ2n) is 8.12. The summed E-state index contributed by atoms with van der Waals surface area (Å²) in [4.78, 5) is 15.5. The molecular formula is C26H21N5OS. The molecule has 0 atom stereocenters.